The van der Waals surface area contributed by atoms with Crippen LogP contribution in [-0.2, 0) is 0 Å². The minimum atomic E-state index is 0.163. The molecule has 1 fully saturated rings. The van der Waals surface area contributed by atoms with Crippen LogP contribution in [0.3, 0.4) is 0 Å². The molecule has 1 atom stereocenters. The highest BCUT2D eigenvalue weighted by molar-refractivity contribution is 7.99. The lowest BCUT2D eigenvalue weighted by molar-refractivity contribution is 0.0764. The Balaban J connectivity index is 2.19. The number of nitrogens with one attached hydrogen (secondary N) is 1. The van der Waals surface area contributed by atoms with Crippen molar-refractivity contribution in [2.75, 3.05) is 30.7 Å². The van der Waals surface area contributed by atoms with Gasteiger partial charge in [0.25, 0.3) is 5.91 Å². The molecule has 3 nitrogen and oxygen atoms in total. The minimum Gasteiger partial charge on any atom is -0.384 e. The maximum atomic E-state index is 12.7. The number of amides is 1. The van der Waals surface area contributed by atoms with Crippen molar-refractivity contribution >= 4 is 23.4 Å². The summed E-state index contributed by atoms with van der Waals surface area (Å²) in [7, 11) is 0. The summed E-state index contributed by atoms with van der Waals surface area (Å²) in [5.41, 5.74) is 2.97. The molecule has 1 N–H and O–H groups in total. The maximum Gasteiger partial charge on any atom is 0.256 e. The Kier molecular flexibility index (Phi) is 5.35. The number of aryl methyl sites for hydroxylation is 1. The van der Waals surface area contributed by atoms with Gasteiger partial charge in [-0.25, -0.2) is 0 Å². The monoisotopic (exact) mass is 292 g/mol. The SMILES string of the molecule is CCCNc1cc(C)ccc1C(=O)N1CCSC(C)C1. The lowest BCUT2D eigenvalue weighted by Gasteiger charge is -2.31. The number of hydrogen-bond donors (Lipinski definition) is 1. The number of nitrogens with zero attached hydrogens (tertiary/aromatic N) is 1. The second-order valence-corrected chi connectivity index (χ2v) is 6.95. The molecule has 4 heteroatoms. The summed E-state index contributed by atoms with van der Waals surface area (Å²) in [6.07, 6.45) is 1.05. The van der Waals surface area contributed by atoms with E-state index >= 15 is 0 Å². The molecule has 1 aliphatic heterocycles. The fourth-order valence-corrected chi connectivity index (χ4v) is 3.44. The van der Waals surface area contributed by atoms with Crippen LogP contribution in [0.15, 0.2) is 18.2 Å². The molecule has 0 aromatic heterocycles. The lowest BCUT2D eigenvalue weighted by Crippen LogP contribution is -2.41. The second-order valence-electron chi connectivity index (χ2n) is 5.41. The fourth-order valence-electron chi connectivity index (χ4n) is 2.42. The van der Waals surface area contributed by atoms with Crippen molar-refractivity contribution in [2.45, 2.75) is 32.4 Å². The topological polar surface area (TPSA) is 32.3 Å². The number of hydrogen-bond acceptors (Lipinski definition) is 3. The molecule has 0 aliphatic carbocycles. The standard InChI is InChI=1S/C16H24N2OS/c1-4-7-17-15-10-12(2)5-6-14(15)16(19)18-8-9-20-13(3)11-18/h5-6,10,13,17H,4,7-9,11H2,1-3H3. The minimum absolute atomic E-state index is 0.163. The van der Waals surface area contributed by atoms with Crippen LogP contribution in [0.2, 0.25) is 0 Å². The molecule has 1 heterocycles. The van der Waals surface area contributed by atoms with Crippen LogP contribution in [0.5, 0.6) is 0 Å². The highest BCUT2D eigenvalue weighted by Gasteiger charge is 2.24. The first-order chi connectivity index (χ1) is 9.61. The Bertz CT molecular complexity index is 476. The van der Waals surface area contributed by atoms with E-state index in [2.05, 4.69) is 32.2 Å². The smallest absolute Gasteiger partial charge is 0.256 e. The van der Waals surface area contributed by atoms with Crippen molar-refractivity contribution in [2.24, 2.45) is 0 Å². The number of anilines is 1. The second kappa shape index (κ2) is 7.02. The third-order valence-corrected chi connectivity index (χ3v) is 4.64. The Morgan fingerprint density at radius 2 is 2.30 bits per heavy atom. The van der Waals surface area contributed by atoms with Crippen molar-refractivity contribution in [1.82, 2.24) is 4.90 Å². The number of carbonyl (C=O) groups excluding carboxylic acids is 1. The van der Waals surface area contributed by atoms with Crippen LogP contribution < -0.4 is 5.32 Å². The quantitative estimate of drug-likeness (QED) is 0.923. The summed E-state index contributed by atoms with van der Waals surface area (Å²) in [5, 5.41) is 3.91. The Morgan fingerprint density at radius 3 is 3.00 bits per heavy atom. The number of thioether (sulfide) groups is 1. The van der Waals surface area contributed by atoms with Gasteiger partial charge >= 0.3 is 0 Å². The molecule has 1 saturated heterocycles. The van der Waals surface area contributed by atoms with Gasteiger partial charge in [-0.15, -0.1) is 0 Å². The number of benzene rings is 1. The molecule has 1 aliphatic rings. The van der Waals surface area contributed by atoms with Crippen molar-refractivity contribution in [3.63, 3.8) is 0 Å². The van der Waals surface area contributed by atoms with Gasteiger partial charge in [-0.2, -0.15) is 11.8 Å². The van der Waals surface area contributed by atoms with Gasteiger partial charge < -0.3 is 10.2 Å². The zero-order chi connectivity index (χ0) is 14.5. The van der Waals surface area contributed by atoms with E-state index in [9.17, 15) is 4.79 Å². The van der Waals surface area contributed by atoms with Gasteiger partial charge in [-0.1, -0.05) is 19.9 Å². The van der Waals surface area contributed by atoms with Crippen molar-refractivity contribution in [1.29, 1.82) is 0 Å². The molecular weight excluding hydrogens is 268 g/mol. The summed E-state index contributed by atoms with van der Waals surface area (Å²) in [4.78, 5) is 14.7. The molecule has 2 rings (SSSR count). The van der Waals surface area contributed by atoms with Crippen LogP contribution in [0.4, 0.5) is 5.69 Å². The third-order valence-electron chi connectivity index (χ3n) is 3.50. The van der Waals surface area contributed by atoms with E-state index in [1.54, 1.807) is 0 Å². The van der Waals surface area contributed by atoms with Crippen LogP contribution >= 0.6 is 11.8 Å². The van der Waals surface area contributed by atoms with E-state index < -0.39 is 0 Å². The third kappa shape index (κ3) is 3.69. The predicted molar refractivity (Wildman–Crippen MR) is 87.8 cm³/mol. The fraction of sp³-hybridized carbons (Fsp3) is 0.562. The zero-order valence-electron chi connectivity index (χ0n) is 12.6. The molecule has 1 amide bonds. The highest BCUT2D eigenvalue weighted by atomic mass is 32.2. The van der Waals surface area contributed by atoms with Gasteiger partial charge in [-0.05, 0) is 31.0 Å². The molecule has 0 saturated carbocycles. The molecule has 1 aromatic rings. The average Bonchev–Trinajstić information content (AvgIpc) is 2.44. The van der Waals surface area contributed by atoms with Crippen LogP contribution in [0.25, 0.3) is 0 Å². The number of carbonyl (C=O) groups is 1. The van der Waals surface area contributed by atoms with Gasteiger partial charge in [0.05, 0.1) is 5.56 Å². The van der Waals surface area contributed by atoms with E-state index in [4.69, 9.17) is 0 Å². The molecule has 110 valence electrons. The van der Waals surface area contributed by atoms with Gasteiger partial charge in [0, 0.05) is 36.3 Å². The first-order valence-corrected chi connectivity index (χ1v) is 8.42. The van der Waals surface area contributed by atoms with Crippen LogP contribution in [-0.4, -0.2) is 41.4 Å². The molecule has 1 aromatic carbocycles. The van der Waals surface area contributed by atoms with E-state index in [0.29, 0.717) is 5.25 Å². The normalized spacial score (nSPS) is 18.9. The average molecular weight is 292 g/mol. The van der Waals surface area contributed by atoms with Crippen molar-refractivity contribution in [3.05, 3.63) is 29.3 Å². The number of rotatable bonds is 4. The van der Waals surface area contributed by atoms with Crippen LogP contribution in [0.1, 0.15) is 36.2 Å². The summed E-state index contributed by atoms with van der Waals surface area (Å²) >= 11 is 1.95. The molecule has 0 spiro atoms. The molecule has 20 heavy (non-hydrogen) atoms. The molecule has 1 unspecified atom stereocenters. The van der Waals surface area contributed by atoms with Gasteiger partial charge in [0.15, 0.2) is 0 Å². The first kappa shape index (κ1) is 15.2. The summed E-state index contributed by atoms with van der Waals surface area (Å²) in [6, 6.07) is 6.06. The van der Waals surface area contributed by atoms with Crippen LogP contribution in [0, 0.1) is 6.92 Å². The largest absolute Gasteiger partial charge is 0.384 e. The Morgan fingerprint density at radius 1 is 1.50 bits per heavy atom. The van der Waals surface area contributed by atoms with Gasteiger partial charge in [0.1, 0.15) is 0 Å². The zero-order valence-corrected chi connectivity index (χ0v) is 13.4. The summed E-state index contributed by atoms with van der Waals surface area (Å²) in [5.74, 6) is 1.20. The maximum absolute atomic E-state index is 12.7. The van der Waals surface area contributed by atoms with Crippen molar-refractivity contribution < 1.29 is 4.79 Å². The highest BCUT2D eigenvalue weighted by Crippen LogP contribution is 2.23. The van der Waals surface area contributed by atoms with E-state index in [0.717, 1.165) is 43.1 Å². The Labute approximate surface area is 126 Å². The molecule has 0 radical (unpaired) electrons. The predicted octanol–water partition coefficient (Wildman–Crippen LogP) is 3.39. The Hall–Kier alpha value is -1.16. The molecule has 0 bridgehead atoms. The van der Waals surface area contributed by atoms with Gasteiger partial charge in [0.2, 0.25) is 0 Å². The molecular formula is C16H24N2OS. The van der Waals surface area contributed by atoms with Gasteiger partial charge in [-0.3, -0.25) is 4.79 Å². The van der Waals surface area contributed by atoms with E-state index in [1.165, 1.54) is 5.56 Å². The summed E-state index contributed by atoms with van der Waals surface area (Å²) < 4.78 is 0. The van der Waals surface area contributed by atoms with Crippen molar-refractivity contribution in [3.8, 4) is 0 Å². The van der Waals surface area contributed by atoms with E-state index in [-0.39, 0.29) is 5.91 Å². The lowest BCUT2D eigenvalue weighted by atomic mass is 10.1. The summed E-state index contributed by atoms with van der Waals surface area (Å²) in [6.45, 7) is 8.99. The van der Waals surface area contributed by atoms with E-state index in [1.807, 2.05) is 28.8 Å². The first-order valence-electron chi connectivity index (χ1n) is 7.37.